The number of benzene rings is 2. The molecule has 0 aliphatic heterocycles. The lowest BCUT2D eigenvalue weighted by atomic mass is 10.2. The maximum atomic E-state index is 12.1. The van der Waals surface area contributed by atoms with Crippen LogP contribution in [0.25, 0.3) is 11.4 Å². The Morgan fingerprint density at radius 2 is 2.04 bits per heavy atom. The smallest absolute Gasteiger partial charge is 0.270 e. The number of carbonyl (C=O) groups excluding carboxylic acids is 1. The number of thioether (sulfide) groups is 1. The average Bonchev–Trinajstić information content (AvgIpc) is 3.00. The van der Waals surface area contributed by atoms with Gasteiger partial charge in [0, 0.05) is 36.5 Å². The van der Waals surface area contributed by atoms with Gasteiger partial charge in [0.1, 0.15) is 5.75 Å². The van der Waals surface area contributed by atoms with Gasteiger partial charge in [-0.1, -0.05) is 30.0 Å². The fourth-order valence-corrected chi connectivity index (χ4v) is 3.07. The Balaban J connectivity index is 1.68. The number of aromatic hydroxyl groups is 1. The van der Waals surface area contributed by atoms with Crippen molar-refractivity contribution in [1.82, 2.24) is 14.8 Å². The quantitative estimate of drug-likeness (QED) is 0.380. The van der Waals surface area contributed by atoms with Gasteiger partial charge in [-0.3, -0.25) is 14.9 Å². The van der Waals surface area contributed by atoms with Crippen LogP contribution in [0.4, 0.5) is 11.4 Å². The van der Waals surface area contributed by atoms with Crippen molar-refractivity contribution < 1.29 is 14.8 Å². The van der Waals surface area contributed by atoms with Gasteiger partial charge in [-0.15, -0.1) is 10.2 Å². The molecule has 27 heavy (non-hydrogen) atoms. The average molecular weight is 385 g/mol. The predicted octanol–water partition coefficient (Wildman–Crippen LogP) is 2.83. The molecule has 0 fully saturated rings. The van der Waals surface area contributed by atoms with Gasteiger partial charge in [-0.2, -0.15) is 0 Å². The van der Waals surface area contributed by atoms with Crippen LogP contribution in [0.5, 0.6) is 5.75 Å². The van der Waals surface area contributed by atoms with Gasteiger partial charge in [0.15, 0.2) is 11.0 Å². The summed E-state index contributed by atoms with van der Waals surface area (Å²) in [6, 6.07) is 12.4. The second-order valence-corrected chi connectivity index (χ2v) is 6.50. The molecule has 0 spiro atoms. The molecule has 3 rings (SSSR count). The van der Waals surface area contributed by atoms with Crippen LogP contribution in [0, 0.1) is 10.1 Å². The number of aromatic nitrogens is 3. The van der Waals surface area contributed by atoms with E-state index in [0.29, 0.717) is 22.2 Å². The monoisotopic (exact) mass is 385 g/mol. The molecule has 3 aromatic rings. The zero-order valence-corrected chi connectivity index (χ0v) is 15.0. The second kappa shape index (κ2) is 7.87. The third-order valence-corrected chi connectivity index (χ3v) is 4.63. The van der Waals surface area contributed by atoms with Gasteiger partial charge in [-0.05, 0) is 12.1 Å². The van der Waals surface area contributed by atoms with E-state index in [1.54, 1.807) is 35.9 Å². The van der Waals surface area contributed by atoms with Crippen molar-refractivity contribution in [2.24, 2.45) is 7.05 Å². The molecule has 10 heteroatoms. The van der Waals surface area contributed by atoms with E-state index in [1.807, 2.05) is 0 Å². The number of hydrogen-bond donors (Lipinski definition) is 2. The molecule has 0 aliphatic carbocycles. The number of phenols is 1. The highest BCUT2D eigenvalue weighted by molar-refractivity contribution is 7.99. The minimum atomic E-state index is -0.471. The highest BCUT2D eigenvalue weighted by Crippen LogP contribution is 2.25. The molecule has 0 bridgehead atoms. The molecule has 1 aromatic heterocycles. The Labute approximate surface area is 158 Å². The third kappa shape index (κ3) is 4.42. The van der Waals surface area contributed by atoms with Gasteiger partial charge in [0.2, 0.25) is 5.91 Å². The summed E-state index contributed by atoms with van der Waals surface area (Å²) in [5.41, 5.74) is 1.03. The number of carbonyl (C=O) groups is 1. The van der Waals surface area contributed by atoms with E-state index in [4.69, 9.17) is 0 Å². The van der Waals surface area contributed by atoms with Gasteiger partial charge in [0.25, 0.3) is 5.69 Å². The molecule has 0 saturated heterocycles. The third-order valence-electron chi connectivity index (χ3n) is 3.61. The number of amides is 1. The van der Waals surface area contributed by atoms with Crippen molar-refractivity contribution in [1.29, 1.82) is 0 Å². The Bertz CT molecular complexity index is 1000. The van der Waals surface area contributed by atoms with Crippen molar-refractivity contribution in [2.75, 3.05) is 11.1 Å². The van der Waals surface area contributed by atoms with E-state index in [2.05, 4.69) is 15.5 Å². The zero-order chi connectivity index (χ0) is 19.4. The van der Waals surface area contributed by atoms with Crippen LogP contribution in [0.15, 0.2) is 53.7 Å². The van der Waals surface area contributed by atoms with Crippen molar-refractivity contribution >= 4 is 29.0 Å². The molecule has 1 amide bonds. The number of nitro groups is 1. The molecule has 0 atom stereocenters. The molecular formula is C17H15N5O4S. The Kier molecular flexibility index (Phi) is 5.36. The number of nitro benzene ring substituents is 1. The molecule has 0 radical (unpaired) electrons. The lowest BCUT2D eigenvalue weighted by Crippen LogP contribution is -2.14. The highest BCUT2D eigenvalue weighted by atomic mass is 32.2. The molecule has 0 aliphatic rings. The Morgan fingerprint density at radius 1 is 1.26 bits per heavy atom. The Hall–Kier alpha value is -3.40. The first-order valence-electron chi connectivity index (χ1n) is 7.80. The van der Waals surface area contributed by atoms with Gasteiger partial charge in [-0.25, -0.2) is 0 Å². The van der Waals surface area contributed by atoms with Crippen molar-refractivity contribution in [2.45, 2.75) is 5.16 Å². The van der Waals surface area contributed by atoms with E-state index in [0.717, 1.165) is 0 Å². The number of anilines is 1. The van der Waals surface area contributed by atoms with E-state index < -0.39 is 4.92 Å². The van der Waals surface area contributed by atoms with Gasteiger partial charge < -0.3 is 15.0 Å². The SMILES string of the molecule is Cn1c(SCC(=O)Nc2cccc(O)c2)nnc1-c1cccc([N+](=O)[O-])c1. The molecule has 9 nitrogen and oxygen atoms in total. The van der Waals surface area contributed by atoms with Crippen LogP contribution >= 0.6 is 11.8 Å². The van der Waals surface area contributed by atoms with Crippen molar-refractivity contribution in [3.05, 3.63) is 58.6 Å². The summed E-state index contributed by atoms with van der Waals surface area (Å²) in [7, 11) is 1.73. The van der Waals surface area contributed by atoms with Crippen LogP contribution in [-0.4, -0.2) is 36.5 Å². The number of phenolic OH excluding ortho intramolecular Hbond substituents is 1. The first-order chi connectivity index (χ1) is 12.9. The van der Waals surface area contributed by atoms with E-state index in [-0.39, 0.29) is 23.1 Å². The number of nitrogens with zero attached hydrogens (tertiary/aromatic N) is 4. The largest absolute Gasteiger partial charge is 0.508 e. The summed E-state index contributed by atoms with van der Waals surface area (Å²) in [6.07, 6.45) is 0. The van der Waals surface area contributed by atoms with Crippen molar-refractivity contribution in [3.63, 3.8) is 0 Å². The van der Waals surface area contributed by atoms with Crippen LogP contribution in [0.2, 0.25) is 0 Å². The summed E-state index contributed by atoms with van der Waals surface area (Å²) in [6.45, 7) is 0. The van der Waals surface area contributed by atoms with E-state index in [1.165, 1.54) is 36.0 Å². The van der Waals surface area contributed by atoms with Crippen LogP contribution in [-0.2, 0) is 11.8 Å². The normalized spacial score (nSPS) is 10.6. The fourth-order valence-electron chi connectivity index (χ4n) is 2.36. The highest BCUT2D eigenvalue weighted by Gasteiger charge is 2.15. The molecule has 0 unspecified atom stereocenters. The van der Waals surface area contributed by atoms with Crippen LogP contribution in [0.1, 0.15) is 0 Å². The number of hydrogen-bond acceptors (Lipinski definition) is 7. The summed E-state index contributed by atoms with van der Waals surface area (Å²) in [4.78, 5) is 22.5. The number of rotatable bonds is 6. The summed E-state index contributed by atoms with van der Waals surface area (Å²) < 4.78 is 1.67. The van der Waals surface area contributed by atoms with Crippen LogP contribution in [0.3, 0.4) is 0 Å². The zero-order valence-electron chi connectivity index (χ0n) is 14.2. The molecular weight excluding hydrogens is 370 g/mol. The second-order valence-electron chi connectivity index (χ2n) is 5.56. The molecule has 0 saturated carbocycles. The molecule has 2 aromatic carbocycles. The molecule has 2 N–H and O–H groups in total. The maximum Gasteiger partial charge on any atom is 0.270 e. The minimum Gasteiger partial charge on any atom is -0.508 e. The lowest BCUT2D eigenvalue weighted by molar-refractivity contribution is -0.384. The Morgan fingerprint density at radius 3 is 2.78 bits per heavy atom. The molecule has 1 heterocycles. The lowest BCUT2D eigenvalue weighted by Gasteiger charge is -2.06. The van der Waals surface area contributed by atoms with Gasteiger partial charge >= 0.3 is 0 Å². The number of non-ortho nitro benzene ring substituents is 1. The van der Waals surface area contributed by atoms with Gasteiger partial charge in [0.05, 0.1) is 10.7 Å². The minimum absolute atomic E-state index is 0.0322. The first kappa shape index (κ1) is 18.4. The summed E-state index contributed by atoms with van der Waals surface area (Å²) >= 11 is 1.19. The molecule has 138 valence electrons. The number of nitrogens with one attached hydrogen (secondary N) is 1. The fraction of sp³-hybridized carbons (Fsp3) is 0.118. The van der Waals surface area contributed by atoms with Crippen molar-refractivity contribution in [3.8, 4) is 17.1 Å². The van der Waals surface area contributed by atoms with E-state index in [9.17, 15) is 20.0 Å². The predicted molar refractivity (Wildman–Crippen MR) is 101 cm³/mol. The first-order valence-corrected chi connectivity index (χ1v) is 8.78. The van der Waals surface area contributed by atoms with Crippen LogP contribution < -0.4 is 5.32 Å². The summed E-state index contributed by atoms with van der Waals surface area (Å²) in [5, 5.41) is 31.6. The summed E-state index contributed by atoms with van der Waals surface area (Å²) in [5.74, 6) is 0.367. The standard InChI is InChI=1S/C17H15N5O4S/c1-21-16(11-4-2-6-13(8-11)22(25)26)19-20-17(21)27-10-15(24)18-12-5-3-7-14(23)9-12/h2-9,23H,10H2,1H3,(H,18,24). The van der Waals surface area contributed by atoms with E-state index >= 15 is 0 Å². The maximum absolute atomic E-state index is 12.1. The topological polar surface area (TPSA) is 123 Å².